The van der Waals surface area contributed by atoms with Crippen molar-refractivity contribution in [2.45, 2.75) is 50.6 Å². The number of rotatable bonds is 7. The molecular weight excluding hydrogens is 374 g/mol. The molecule has 0 aromatic carbocycles. The van der Waals surface area contributed by atoms with Crippen molar-refractivity contribution in [2.24, 2.45) is 17.3 Å². The van der Waals surface area contributed by atoms with Gasteiger partial charge >= 0.3 is 5.97 Å². The Bertz CT molecular complexity index is 781. The number of hydrogen-bond acceptors (Lipinski definition) is 7. The maximum absolute atomic E-state index is 12.4. The first kappa shape index (κ1) is 20.3. The molecule has 1 amide bonds. The molecule has 2 bridgehead atoms. The zero-order chi connectivity index (χ0) is 20.3. The summed E-state index contributed by atoms with van der Waals surface area (Å²) in [6, 6.07) is 0. The molecule has 152 valence electrons. The quantitative estimate of drug-likeness (QED) is 0.290. The zero-order valence-corrected chi connectivity index (χ0v) is 16.9. The predicted octanol–water partition coefficient (Wildman–Crippen LogP) is 0.770. The van der Waals surface area contributed by atoms with Crippen LogP contribution in [0.2, 0.25) is 0 Å². The number of fused-ring (bicyclic) bond motifs is 1. The van der Waals surface area contributed by atoms with Crippen molar-refractivity contribution >= 4 is 22.0 Å². The number of amides is 1. The standard InChI is InChI=1S/C18H27NO7S/c1-6-13(20)19-7-8-24-14(21)10-25-18(5)16(3)9-12-15(11(16)2)17(18,4)26-27(12,22)23/h6,11-12,15H,1,7-10H2,2-5H3,(H,19,20). The lowest BCUT2D eigenvalue weighted by Crippen LogP contribution is -2.60. The van der Waals surface area contributed by atoms with Crippen molar-refractivity contribution in [3.8, 4) is 0 Å². The van der Waals surface area contributed by atoms with Crippen molar-refractivity contribution in [1.82, 2.24) is 5.32 Å². The van der Waals surface area contributed by atoms with Crippen LogP contribution < -0.4 is 5.32 Å². The van der Waals surface area contributed by atoms with E-state index in [0.29, 0.717) is 6.42 Å². The van der Waals surface area contributed by atoms with Crippen LogP contribution >= 0.6 is 0 Å². The van der Waals surface area contributed by atoms with E-state index in [9.17, 15) is 18.0 Å². The van der Waals surface area contributed by atoms with E-state index in [1.54, 1.807) is 6.92 Å². The molecule has 0 spiro atoms. The van der Waals surface area contributed by atoms with Gasteiger partial charge in [-0.25, -0.2) is 4.79 Å². The van der Waals surface area contributed by atoms with Gasteiger partial charge in [0.25, 0.3) is 10.1 Å². The third kappa shape index (κ3) is 2.66. The summed E-state index contributed by atoms with van der Waals surface area (Å²) in [6.07, 6.45) is 1.59. The Hall–Kier alpha value is -1.45. The van der Waals surface area contributed by atoms with Crippen LogP contribution in [0.15, 0.2) is 12.7 Å². The smallest absolute Gasteiger partial charge is 0.332 e. The predicted molar refractivity (Wildman–Crippen MR) is 96.1 cm³/mol. The second kappa shape index (κ2) is 6.28. The Morgan fingerprint density at radius 3 is 2.63 bits per heavy atom. The van der Waals surface area contributed by atoms with Gasteiger partial charge in [0.15, 0.2) is 0 Å². The molecule has 6 atom stereocenters. The van der Waals surface area contributed by atoms with Crippen LogP contribution in [0.4, 0.5) is 0 Å². The Balaban J connectivity index is 1.66. The van der Waals surface area contributed by atoms with Crippen LogP contribution in [0.1, 0.15) is 34.1 Å². The molecule has 3 aliphatic rings. The molecule has 1 saturated heterocycles. The van der Waals surface area contributed by atoms with Gasteiger partial charge in [0.2, 0.25) is 5.91 Å². The van der Waals surface area contributed by atoms with Crippen molar-refractivity contribution < 1.29 is 31.7 Å². The van der Waals surface area contributed by atoms with Gasteiger partial charge in [0.05, 0.1) is 11.8 Å². The molecule has 0 aromatic heterocycles. The van der Waals surface area contributed by atoms with E-state index in [-0.39, 0.29) is 37.5 Å². The molecule has 0 aromatic rings. The molecule has 2 aliphatic carbocycles. The van der Waals surface area contributed by atoms with Gasteiger partial charge in [0, 0.05) is 11.3 Å². The van der Waals surface area contributed by atoms with Gasteiger partial charge in [-0.05, 0) is 32.3 Å². The minimum Gasteiger partial charge on any atom is -0.462 e. The van der Waals surface area contributed by atoms with Crippen LogP contribution in [0, 0.1) is 17.3 Å². The van der Waals surface area contributed by atoms with Gasteiger partial charge in [-0.1, -0.05) is 20.4 Å². The molecule has 3 fully saturated rings. The molecule has 1 heterocycles. The highest BCUT2D eigenvalue weighted by Crippen LogP contribution is 2.74. The van der Waals surface area contributed by atoms with E-state index in [0.717, 1.165) is 6.08 Å². The Labute approximate surface area is 159 Å². The van der Waals surface area contributed by atoms with E-state index in [1.807, 2.05) is 20.8 Å². The molecule has 1 aliphatic heterocycles. The van der Waals surface area contributed by atoms with Gasteiger partial charge < -0.3 is 14.8 Å². The summed E-state index contributed by atoms with van der Waals surface area (Å²) < 4.78 is 41.5. The monoisotopic (exact) mass is 401 g/mol. The van der Waals surface area contributed by atoms with Crippen LogP contribution in [0.5, 0.6) is 0 Å². The Morgan fingerprint density at radius 2 is 2.00 bits per heavy atom. The van der Waals surface area contributed by atoms with Crippen molar-refractivity contribution in [3.05, 3.63) is 12.7 Å². The third-order valence-corrected chi connectivity index (χ3v) is 9.01. The summed E-state index contributed by atoms with van der Waals surface area (Å²) in [5, 5.41) is 1.99. The van der Waals surface area contributed by atoms with Gasteiger partial charge in [-0.2, -0.15) is 8.42 Å². The van der Waals surface area contributed by atoms with Crippen molar-refractivity contribution in [3.63, 3.8) is 0 Å². The van der Waals surface area contributed by atoms with Crippen molar-refractivity contribution in [1.29, 1.82) is 0 Å². The summed E-state index contributed by atoms with van der Waals surface area (Å²) in [5.74, 6) is -1.01. The first-order chi connectivity index (χ1) is 12.4. The normalized spacial score (nSPS) is 43.5. The fourth-order valence-corrected chi connectivity index (χ4v) is 7.76. The minimum atomic E-state index is -3.64. The SMILES string of the molecule is C=CC(=O)NCCOC(=O)COC1(C)C2(C)CC3C(C2C)C1(C)OS3(=O)=O. The molecule has 3 rings (SSSR count). The lowest BCUT2D eigenvalue weighted by atomic mass is 9.66. The molecule has 27 heavy (non-hydrogen) atoms. The number of esters is 1. The molecule has 9 heteroatoms. The van der Waals surface area contributed by atoms with Gasteiger partial charge in [0.1, 0.15) is 24.4 Å². The highest BCUT2D eigenvalue weighted by Gasteiger charge is 2.83. The Morgan fingerprint density at radius 1 is 1.33 bits per heavy atom. The molecule has 2 saturated carbocycles. The highest BCUT2D eigenvalue weighted by molar-refractivity contribution is 7.87. The summed E-state index contributed by atoms with van der Waals surface area (Å²) in [7, 11) is -3.64. The number of carbonyl (C=O) groups is 2. The van der Waals surface area contributed by atoms with E-state index in [4.69, 9.17) is 13.7 Å². The largest absolute Gasteiger partial charge is 0.462 e. The van der Waals surface area contributed by atoms with Crippen LogP contribution in [-0.4, -0.2) is 56.5 Å². The summed E-state index contributed by atoms with van der Waals surface area (Å²) in [4.78, 5) is 23.1. The molecule has 0 radical (unpaired) electrons. The zero-order valence-electron chi connectivity index (χ0n) is 16.1. The average molecular weight is 401 g/mol. The Kier molecular flexibility index (Phi) is 4.72. The number of ether oxygens (including phenoxy) is 2. The van der Waals surface area contributed by atoms with E-state index in [1.165, 1.54) is 0 Å². The van der Waals surface area contributed by atoms with E-state index >= 15 is 0 Å². The second-order valence-corrected chi connectivity index (χ2v) is 9.95. The maximum atomic E-state index is 12.4. The van der Waals surface area contributed by atoms with Crippen LogP contribution in [0.3, 0.4) is 0 Å². The molecule has 8 nitrogen and oxygen atoms in total. The third-order valence-electron chi connectivity index (χ3n) is 7.23. The number of nitrogens with one attached hydrogen (secondary N) is 1. The lowest BCUT2D eigenvalue weighted by Gasteiger charge is -2.48. The topological polar surface area (TPSA) is 108 Å². The lowest BCUT2D eigenvalue weighted by molar-refractivity contribution is -0.201. The highest BCUT2D eigenvalue weighted by atomic mass is 32.2. The minimum absolute atomic E-state index is 0.0129. The van der Waals surface area contributed by atoms with Crippen molar-refractivity contribution in [2.75, 3.05) is 19.8 Å². The maximum Gasteiger partial charge on any atom is 0.332 e. The number of carbonyl (C=O) groups excluding carboxylic acids is 2. The average Bonchev–Trinajstić information content (AvgIpc) is 3.02. The summed E-state index contributed by atoms with van der Waals surface area (Å²) >= 11 is 0. The van der Waals surface area contributed by atoms with E-state index in [2.05, 4.69) is 11.9 Å². The fraction of sp³-hybridized carbons (Fsp3) is 0.778. The fourth-order valence-electron chi connectivity index (χ4n) is 5.48. The first-order valence-corrected chi connectivity index (χ1v) is 10.5. The summed E-state index contributed by atoms with van der Waals surface area (Å²) in [5.41, 5.74) is -2.39. The van der Waals surface area contributed by atoms with Crippen LogP contribution in [-0.2, 0) is 33.4 Å². The molecular formula is C18H27NO7S. The second-order valence-electron chi connectivity index (χ2n) is 8.20. The van der Waals surface area contributed by atoms with Gasteiger partial charge in [-0.15, -0.1) is 0 Å². The number of hydrogen-bond donors (Lipinski definition) is 1. The van der Waals surface area contributed by atoms with E-state index < -0.39 is 38.0 Å². The molecule has 1 N–H and O–H groups in total. The first-order valence-electron chi connectivity index (χ1n) is 9.07. The molecule has 6 unspecified atom stereocenters. The van der Waals surface area contributed by atoms with Crippen LogP contribution in [0.25, 0.3) is 0 Å². The van der Waals surface area contributed by atoms with Gasteiger partial charge in [-0.3, -0.25) is 8.98 Å². The summed E-state index contributed by atoms with van der Waals surface area (Å²) in [6.45, 7) is 10.8.